The Bertz CT molecular complexity index is 863. The zero-order valence-corrected chi connectivity index (χ0v) is 17.6. The molecule has 29 heavy (non-hydrogen) atoms. The molecule has 1 fully saturated rings. The summed E-state index contributed by atoms with van der Waals surface area (Å²) < 4.78 is 18.9. The maximum Gasteiger partial charge on any atom is 0.242 e. The first-order valence-electron chi connectivity index (χ1n) is 10.0. The van der Waals surface area contributed by atoms with Crippen molar-refractivity contribution in [2.24, 2.45) is 5.92 Å². The maximum absolute atomic E-state index is 13.3. The van der Waals surface area contributed by atoms with Gasteiger partial charge in [0, 0.05) is 18.0 Å². The summed E-state index contributed by atoms with van der Waals surface area (Å²) in [5, 5.41) is 0. The van der Waals surface area contributed by atoms with Crippen molar-refractivity contribution in [2.75, 3.05) is 6.54 Å². The Kier molecular flexibility index (Phi) is 6.10. The van der Waals surface area contributed by atoms with Crippen LogP contribution in [0.25, 0.3) is 0 Å². The monoisotopic (exact) mass is 400 g/mol. The number of hydrogen-bond donors (Lipinski definition) is 0. The lowest BCUT2D eigenvalue weighted by atomic mass is 10.0. The molecule has 3 rings (SSSR count). The van der Waals surface area contributed by atoms with Crippen molar-refractivity contribution in [1.29, 1.82) is 0 Å². The van der Waals surface area contributed by atoms with Crippen LogP contribution < -0.4 is 0 Å². The lowest BCUT2D eigenvalue weighted by Crippen LogP contribution is -2.51. The second-order valence-electron chi connectivity index (χ2n) is 8.76. The number of furan rings is 1. The second kappa shape index (κ2) is 8.39. The van der Waals surface area contributed by atoms with Gasteiger partial charge in [0.15, 0.2) is 0 Å². The van der Waals surface area contributed by atoms with E-state index in [1.165, 1.54) is 12.1 Å². The summed E-state index contributed by atoms with van der Waals surface area (Å²) >= 11 is 0. The molecule has 1 heterocycles. The summed E-state index contributed by atoms with van der Waals surface area (Å²) in [6.07, 6.45) is 1.79. The molecule has 0 spiro atoms. The van der Waals surface area contributed by atoms with Gasteiger partial charge in [0.25, 0.3) is 0 Å². The minimum absolute atomic E-state index is 0.0136. The average Bonchev–Trinajstić information content (AvgIpc) is 3.42. The van der Waals surface area contributed by atoms with Gasteiger partial charge in [0.2, 0.25) is 11.8 Å². The molecule has 0 aliphatic heterocycles. The van der Waals surface area contributed by atoms with E-state index in [4.69, 9.17) is 4.42 Å². The first-order valence-corrected chi connectivity index (χ1v) is 10.0. The Morgan fingerprint density at radius 3 is 2.24 bits per heavy atom. The van der Waals surface area contributed by atoms with Gasteiger partial charge in [0.1, 0.15) is 23.9 Å². The number of carbonyl (C=O) groups excluding carboxylic acids is 2. The number of nitrogens with zero attached hydrogens (tertiary/aromatic N) is 2. The Morgan fingerprint density at radius 1 is 1.07 bits per heavy atom. The van der Waals surface area contributed by atoms with Gasteiger partial charge in [-0.25, -0.2) is 4.39 Å². The highest BCUT2D eigenvalue weighted by Gasteiger charge is 2.39. The number of benzene rings is 1. The fourth-order valence-electron chi connectivity index (χ4n) is 3.23. The SMILES string of the molecule is Cc1ccc(CN(Cc2ccc(F)cc2)C(=O)CN(C(=O)C2CC2)C(C)(C)C)o1. The predicted octanol–water partition coefficient (Wildman–Crippen LogP) is 4.29. The van der Waals surface area contributed by atoms with Gasteiger partial charge in [-0.05, 0) is 70.4 Å². The topological polar surface area (TPSA) is 53.8 Å². The highest BCUT2D eigenvalue weighted by Crippen LogP contribution is 2.33. The van der Waals surface area contributed by atoms with E-state index < -0.39 is 5.54 Å². The molecule has 1 saturated carbocycles. The molecule has 0 unspecified atom stereocenters. The van der Waals surface area contributed by atoms with Crippen molar-refractivity contribution in [3.8, 4) is 0 Å². The second-order valence-corrected chi connectivity index (χ2v) is 8.76. The molecule has 1 aromatic heterocycles. The normalized spacial score (nSPS) is 14.0. The number of halogens is 1. The van der Waals surface area contributed by atoms with Crippen LogP contribution in [-0.2, 0) is 22.7 Å². The molecule has 1 aliphatic rings. The summed E-state index contributed by atoms with van der Waals surface area (Å²) in [6.45, 7) is 8.31. The average molecular weight is 400 g/mol. The predicted molar refractivity (Wildman–Crippen MR) is 108 cm³/mol. The molecule has 0 atom stereocenters. The zero-order valence-electron chi connectivity index (χ0n) is 17.6. The number of amides is 2. The third kappa shape index (κ3) is 5.68. The highest BCUT2D eigenvalue weighted by molar-refractivity contribution is 5.87. The number of hydrogen-bond acceptors (Lipinski definition) is 3. The van der Waals surface area contributed by atoms with Gasteiger partial charge in [0.05, 0.1) is 6.54 Å². The number of aryl methyl sites for hydroxylation is 1. The molecule has 0 saturated heterocycles. The summed E-state index contributed by atoms with van der Waals surface area (Å²) in [5.74, 6) is 1.06. The lowest BCUT2D eigenvalue weighted by molar-refractivity contribution is -0.146. The fourth-order valence-corrected chi connectivity index (χ4v) is 3.23. The Balaban J connectivity index is 1.79. The molecule has 2 aromatic rings. The van der Waals surface area contributed by atoms with Crippen molar-refractivity contribution < 1.29 is 18.4 Å². The van der Waals surface area contributed by atoms with Crippen LogP contribution in [0.3, 0.4) is 0 Å². The molecule has 6 heteroatoms. The van der Waals surface area contributed by atoms with E-state index in [1.807, 2.05) is 39.8 Å². The quantitative estimate of drug-likeness (QED) is 0.697. The first-order chi connectivity index (χ1) is 13.6. The molecule has 156 valence electrons. The van der Waals surface area contributed by atoms with E-state index in [-0.39, 0.29) is 30.1 Å². The van der Waals surface area contributed by atoms with Gasteiger partial charge < -0.3 is 14.2 Å². The van der Waals surface area contributed by atoms with Crippen LogP contribution in [0.2, 0.25) is 0 Å². The van der Waals surface area contributed by atoms with E-state index in [2.05, 4.69) is 0 Å². The smallest absolute Gasteiger partial charge is 0.242 e. The van der Waals surface area contributed by atoms with E-state index in [9.17, 15) is 14.0 Å². The molecule has 0 radical (unpaired) electrons. The van der Waals surface area contributed by atoms with Crippen molar-refractivity contribution in [3.05, 3.63) is 59.3 Å². The third-order valence-corrected chi connectivity index (χ3v) is 5.08. The van der Waals surface area contributed by atoms with Crippen molar-refractivity contribution in [1.82, 2.24) is 9.80 Å². The van der Waals surface area contributed by atoms with Crippen LogP contribution >= 0.6 is 0 Å². The first kappa shape index (κ1) is 21.1. The standard InChI is InChI=1S/C23H29FN2O3/c1-16-5-12-20(29-16)14-25(13-17-6-10-19(24)11-7-17)21(27)15-26(23(2,3)4)22(28)18-8-9-18/h5-7,10-12,18H,8-9,13-15H2,1-4H3. The van der Waals surface area contributed by atoms with E-state index in [1.54, 1.807) is 21.9 Å². The molecule has 5 nitrogen and oxygen atoms in total. The van der Waals surface area contributed by atoms with Crippen molar-refractivity contribution in [2.45, 2.75) is 59.2 Å². The zero-order chi connectivity index (χ0) is 21.2. The molecular weight excluding hydrogens is 371 g/mol. The number of rotatable bonds is 7. The maximum atomic E-state index is 13.3. The Morgan fingerprint density at radius 2 is 1.72 bits per heavy atom. The van der Waals surface area contributed by atoms with Crippen LogP contribution in [0.5, 0.6) is 0 Å². The summed E-state index contributed by atoms with van der Waals surface area (Å²) in [5.41, 5.74) is 0.372. The van der Waals surface area contributed by atoms with Crippen LogP contribution in [0.1, 0.15) is 50.7 Å². The Labute approximate surface area is 171 Å². The number of carbonyl (C=O) groups is 2. The molecule has 0 N–H and O–H groups in total. The molecule has 1 aliphatic carbocycles. The van der Waals surface area contributed by atoms with Crippen molar-refractivity contribution in [3.63, 3.8) is 0 Å². The molecular formula is C23H29FN2O3. The van der Waals surface area contributed by atoms with Crippen molar-refractivity contribution >= 4 is 11.8 Å². The largest absolute Gasteiger partial charge is 0.464 e. The van der Waals surface area contributed by atoms with Gasteiger partial charge in [-0.3, -0.25) is 9.59 Å². The van der Waals surface area contributed by atoms with Crippen LogP contribution in [0.4, 0.5) is 4.39 Å². The Hall–Kier alpha value is -2.63. The third-order valence-electron chi connectivity index (χ3n) is 5.08. The van der Waals surface area contributed by atoms with E-state index in [0.29, 0.717) is 18.8 Å². The summed E-state index contributed by atoms with van der Waals surface area (Å²) in [6, 6.07) is 9.80. The van der Waals surface area contributed by atoms with Crippen LogP contribution in [0, 0.1) is 18.7 Å². The summed E-state index contributed by atoms with van der Waals surface area (Å²) in [4.78, 5) is 29.3. The summed E-state index contributed by atoms with van der Waals surface area (Å²) in [7, 11) is 0. The van der Waals surface area contributed by atoms with Crippen LogP contribution in [-0.4, -0.2) is 33.7 Å². The molecule has 2 amide bonds. The van der Waals surface area contributed by atoms with Gasteiger partial charge in [-0.1, -0.05) is 12.1 Å². The lowest BCUT2D eigenvalue weighted by Gasteiger charge is -2.37. The minimum atomic E-state index is -0.446. The van der Waals surface area contributed by atoms with E-state index >= 15 is 0 Å². The van der Waals surface area contributed by atoms with Gasteiger partial charge in [-0.15, -0.1) is 0 Å². The van der Waals surface area contributed by atoms with E-state index in [0.717, 1.165) is 24.2 Å². The molecule has 0 bridgehead atoms. The molecule has 1 aromatic carbocycles. The fraction of sp³-hybridized carbons (Fsp3) is 0.478. The highest BCUT2D eigenvalue weighted by atomic mass is 19.1. The van der Waals surface area contributed by atoms with Crippen LogP contribution in [0.15, 0.2) is 40.8 Å². The minimum Gasteiger partial charge on any atom is -0.464 e. The van der Waals surface area contributed by atoms with Gasteiger partial charge >= 0.3 is 0 Å². The van der Waals surface area contributed by atoms with Gasteiger partial charge in [-0.2, -0.15) is 0 Å².